The van der Waals surface area contributed by atoms with E-state index in [-0.39, 0.29) is 47.5 Å². The van der Waals surface area contributed by atoms with Gasteiger partial charge in [0.25, 0.3) is 0 Å². The number of sulfonamides is 1. The van der Waals surface area contributed by atoms with E-state index < -0.39 is 10.0 Å². The Labute approximate surface area is 180 Å². The normalized spacial score (nSPS) is 14.4. The lowest BCUT2D eigenvalue weighted by atomic mass is 10.2. The Hall–Kier alpha value is -2.36. The molecule has 0 aliphatic carbocycles. The lowest BCUT2D eigenvalue weighted by Gasteiger charge is -2.18. The summed E-state index contributed by atoms with van der Waals surface area (Å²) in [5.74, 6) is 0.945. The van der Waals surface area contributed by atoms with Crippen molar-refractivity contribution in [1.82, 2.24) is 4.72 Å². The molecule has 0 atom stereocenters. The van der Waals surface area contributed by atoms with Gasteiger partial charge in [0.05, 0.1) is 17.7 Å². The summed E-state index contributed by atoms with van der Waals surface area (Å²) in [5, 5.41) is 0. The standard InChI is InChI=1S/C21H24N2O5S2/c1-15-3-5-16(6-4-15)14-29-12-11-22-30(26,27)17-7-8-19(28-2)18(13-17)23-20(24)9-10-21(23)25/h3-8,13,22H,9-12,14H2,1-2H3. The van der Waals surface area contributed by atoms with Gasteiger partial charge in [-0.15, -0.1) is 0 Å². The molecule has 1 N–H and O–H groups in total. The molecule has 0 spiro atoms. The minimum atomic E-state index is -3.79. The average molecular weight is 449 g/mol. The van der Waals surface area contributed by atoms with E-state index in [1.54, 1.807) is 11.8 Å². The zero-order valence-electron chi connectivity index (χ0n) is 16.9. The van der Waals surface area contributed by atoms with Crippen LogP contribution in [0.15, 0.2) is 47.4 Å². The fourth-order valence-electron chi connectivity index (χ4n) is 3.06. The van der Waals surface area contributed by atoms with E-state index in [2.05, 4.69) is 29.0 Å². The summed E-state index contributed by atoms with van der Waals surface area (Å²) in [7, 11) is -2.39. The Morgan fingerprint density at radius 2 is 1.73 bits per heavy atom. The summed E-state index contributed by atoms with van der Waals surface area (Å²) in [4.78, 5) is 25.1. The van der Waals surface area contributed by atoms with Crippen molar-refractivity contribution in [2.24, 2.45) is 0 Å². The lowest BCUT2D eigenvalue weighted by molar-refractivity contribution is -0.121. The number of benzene rings is 2. The number of imide groups is 1. The number of hydrogen-bond acceptors (Lipinski definition) is 6. The first kappa shape index (κ1) is 22.3. The Morgan fingerprint density at radius 1 is 1.07 bits per heavy atom. The number of thioether (sulfide) groups is 1. The van der Waals surface area contributed by atoms with Crippen LogP contribution in [0.3, 0.4) is 0 Å². The van der Waals surface area contributed by atoms with Crippen molar-refractivity contribution >= 4 is 39.3 Å². The topological polar surface area (TPSA) is 92.8 Å². The van der Waals surface area contributed by atoms with Gasteiger partial charge >= 0.3 is 0 Å². The highest BCUT2D eigenvalue weighted by atomic mass is 32.2. The number of anilines is 1. The molecule has 30 heavy (non-hydrogen) atoms. The van der Waals surface area contributed by atoms with Gasteiger partial charge in [0.1, 0.15) is 5.75 Å². The van der Waals surface area contributed by atoms with E-state index in [9.17, 15) is 18.0 Å². The number of carbonyl (C=O) groups excluding carboxylic acids is 2. The molecule has 1 aliphatic heterocycles. The molecule has 0 bridgehead atoms. The highest BCUT2D eigenvalue weighted by molar-refractivity contribution is 7.98. The van der Waals surface area contributed by atoms with Crippen LogP contribution in [-0.2, 0) is 25.4 Å². The van der Waals surface area contributed by atoms with Crippen molar-refractivity contribution in [1.29, 1.82) is 0 Å². The van der Waals surface area contributed by atoms with Gasteiger partial charge in [-0.05, 0) is 30.7 Å². The molecule has 9 heteroatoms. The quantitative estimate of drug-likeness (QED) is 0.468. The summed E-state index contributed by atoms with van der Waals surface area (Å²) in [6.45, 7) is 2.30. The second kappa shape index (κ2) is 9.63. The van der Waals surface area contributed by atoms with Crippen LogP contribution in [0.5, 0.6) is 5.75 Å². The first-order valence-electron chi connectivity index (χ1n) is 9.48. The zero-order chi connectivity index (χ0) is 21.7. The molecule has 0 saturated carbocycles. The van der Waals surface area contributed by atoms with Crippen LogP contribution in [0.25, 0.3) is 0 Å². The number of carbonyl (C=O) groups is 2. The van der Waals surface area contributed by atoms with Crippen molar-refractivity contribution in [3.63, 3.8) is 0 Å². The van der Waals surface area contributed by atoms with E-state index in [1.807, 2.05) is 6.92 Å². The zero-order valence-corrected chi connectivity index (χ0v) is 18.5. The van der Waals surface area contributed by atoms with Crippen LogP contribution in [0.1, 0.15) is 24.0 Å². The van der Waals surface area contributed by atoms with Gasteiger partial charge in [0, 0.05) is 30.9 Å². The first-order chi connectivity index (χ1) is 14.3. The fourth-order valence-corrected chi connectivity index (χ4v) is 5.06. The second-order valence-corrected chi connectivity index (χ2v) is 9.76. The third-order valence-electron chi connectivity index (χ3n) is 4.68. The summed E-state index contributed by atoms with van der Waals surface area (Å²) >= 11 is 1.63. The van der Waals surface area contributed by atoms with Gasteiger partial charge in [-0.3, -0.25) is 9.59 Å². The van der Waals surface area contributed by atoms with Crippen LogP contribution in [0, 0.1) is 6.92 Å². The number of nitrogens with one attached hydrogen (secondary N) is 1. The van der Waals surface area contributed by atoms with E-state index in [1.165, 1.54) is 36.4 Å². The molecular weight excluding hydrogens is 424 g/mol. The van der Waals surface area contributed by atoms with Gasteiger partial charge in [0.15, 0.2) is 0 Å². The fraction of sp³-hybridized carbons (Fsp3) is 0.333. The monoisotopic (exact) mass is 448 g/mol. The predicted octanol–water partition coefficient (Wildman–Crippen LogP) is 2.87. The number of rotatable bonds is 9. The highest BCUT2D eigenvalue weighted by Gasteiger charge is 2.33. The van der Waals surface area contributed by atoms with Crippen molar-refractivity contribution in [3.8, 4) is 5.75 Å². The van der Waals surface area contributed by atoms with Crippen molar-refractivity contribution in [2.75, 3.05) is 24.3 Å². The molecule has 3 rings (SSSR count). The van der Waals surface area contributed by atoms with Crippen LogP contribution >= 0.6 is 11.8 Å². The molecule has 1 fully saturated rings. The SMILES string of the molecule is COc1ccc(S(=O)(=O)NCCSCc2ccc(C)cc2)cc1N1C(=O)CCC1=O. The van der Waals surface area contributed by atoms with E-state index in [0.29, 0.717) is 5.75 Å². The highest BCUT2D eigenvalue weighted by Crippen LogP contribution is 2.34. The maximum absolute atomic E-state index is 12.7. The molecule has 0 aromatic heterocycles. The molecule has 1 saturated heterocycles. The summed E-state index contributed by atoms with van der Waals surface area (Å²) in [6.07, 6.45) is 0.213. The molecule has 7 nitrogen and oxygen atoms in total. The van der Waals surface area contributed by atoms with Crippen molar-refractivity contribution in [2.45, 2.75) is 30.4 Å². The maximum atomic E-state index is 12.7. The van der Waals surface area contributed by atoms with E-state index >= 15 is 0 Å². The number of amides is 2. The van der Waals surface area contributed by atoms with Crippen LogP contribution in [0.2, 0.25) is 0 Å². The van der Waals surface area contributed by atoms with E-state index in [4.69, 9.17) is 4.74 Å². The number of hydrogen-bond donors (Lipinski definition) is 1. The first-order valence-corrected chi connectivity index (χ1v) is 12.1. The average Bonchev–Trinajstić information content (AvgIpc) is 3.06. The molecule has 2 aromatic rings. The third kappa shape index (κ3) is 5.21. The Kier molecular flexibility index (Phi) is 7.17. The van der Waals surface area contributed by atoms with Gasteiger partial charge in [-0.25, -0.2) is 18.0 Å². The third-order valence-corrected chi connectivity index (χ3v) is 7.17. The molecule has 2 aromatic carbocycles. The molecule has 0 radical (unpaired) electrons. The summed E-state index contributed by atoms with van der Waals surface area (Å²) in [6, 6.07) is 12.4. The molecule has 0 unspecified atom stereocenters. The number of methoxy groups -OCH3 is 1. The molecule has 160 valence electrons. The lowest BCUT2D eigenvalue weighted by Crippen LogP contribution is -2.30. The van der Waals surface area contributed by atoms with Crippen LogP contribution in [-0.4, -0.2) is 39.6 Å². The Morgan fingerprint density at radius 3 is 2.37 bits per heavy atom. The Bertz CT molecular complexity index is 1020. The predicted molar refractivity (Wildman–Crippen MR) is 117 cm³/mol. The van der Waals surface area contributed by atoms with Crippen LogP contribution < -0.4 is 14.4 Å². The molecular formula is C21H24N2O5S2. The van der Waals surface area contributed by atoms with Gasteiger partial charge in [-0.2, -0.15) is 11.8 Å². The second-order valence-electron chi connectivity index (χ2n) is 6.89. The Balaban J connectivity index is 1.64. The number of nitrogens with zero attached hydrogens (tertiary/aromatic N) is 1. The van der Waals surface area contributed by atoms with E-state index in [0.717, 1.165) is 10.7 Å². The largest absolute Gasteiger partial charge is 0.495 e. The minimum Gasteiger partial charge on any atom is -0.495 e. The van der Waals surface area contributed by atoms with Crippen LogP contribution in [0.4, 0.5) is 5.69 Å². The van der Waals surface area contributed by atoms with Crippen molar-refractivity contribution in [3.05, 3.63) is 53.6 Å². The van der Waals surface area contributed by atoms with Gasteiger partial charge in [-0.1, -0.05) is 29.8 Å². The van der Waals surface area contributed by atoms with Gasteiger partial charge in [0.2, 0.25) is 21.8 Å². The number of ether oxygens (including phenoxy) is 1. The molecule has 1 aliphatic rings. The van der Waals surface area contributed by atoms with Crippen molar-refractivity contribution < 1.29 is 22.7 Å². The van der Waals surface area contributed by atoms with Gasteiger partial charge < -0.3 is 4.74 Å². The maximum Gasteiger partial charge on any atom is 0.240 e. The smallest absolute Gasteiger partial charge is 0.240 e. The molecule has 1 heterocycles. The molecule has 2 amide bonds. The summed E-state index contributed by atoms with van der Waals surface area (Å²) in [5.41, 5.74) is 2.54. The minimum absolute atomic E-state index is 0.0191. The number of aryl methyl sites for hydroxylation is 1. The summed E-state index contributed by atoms with van der Waals surface area (Å²) < 4.78 is 33.2.